The molecule has 2 aromatic heterocycles. The predicted octanol–water partition coefficient (Wildman–Crippen LogP) is 3.11. The molecule has 6 nitrogen and oxygen atoms in total. The lowest BCUT2D eigenvalue weighted by Crippen LogP contribution is -2.31. The SMILES string of the molecule is Cc1ccccc1Cn1ccc(NC(=S)N(C)Cc2cnn(C)c2C)n1. The summed E-state index contributed by atoms with van der Waals surface area (Å²) in [6, 6.07) is 10.3. The fourth-order valence-electron chi connectivity index (χ4n) is 2.71. The van der Waals surface area contributed by atoms with Gasteiger partial charge in [0.1, 0.15) is 0 Å². The van der Waals surface area contributed by atoms with Gasteiger partial charge in [-0.1, -0.05) is 24.3 Å². The molecule has 0 amide bonds. The van der Waals surface area contributed by atoms with Crippen molar-refractivity contribution in [3.05, 3.63) is 65.1 Å². The summed E-state index contributed by atoms with van der Waals surface area (Å²) in [7, 11) is 3.91. The highest BCUT2D eigenvalue weighted by atomic mass is 32.1. The molecule has 0 aliphatic carbocycles. The molecule has 0 unspecified atom stereocenters. The first-order chi connectivity index (χ1) is 12.4. The Hall–Kier alpha value is -2.67. The molecular formula is C19H24N6S. The molecule has 0 radical (unpaired) electrons. The molecule has 0 saturated carbocycles. The van der Waals surface area contributed by atoms with E-state index in [0.29, 0.717) is 11.7 Å². The number of aryl methyl sites for hydroxylation is 2. The molecule has 1 N–H and O–H groups in total. The van der Waals surface area contributed by atoms with Crippen LogP contribution in [0, 0.1) is 13.8 Å². The van der Waals surface area contributed by atoms with E-state index in [1.807, 2.05) is 52.9 Å². The van der Waals surface area contributed by atoms with E-state index in [9.17, 15) is 0 Å². The largest absolute Gasteiger partial charge is 0.348 e. The van der Waals surface area contributed by atoms with Crippen LogP contribution < -0.4 is 5.32 Å². The van der Waals surface area contributed by atoms with Crippen LogP contribution in [0.2, 0.25) is 0 Å². The van der Waals surface area contributed by atoms with Gasteiger partial charge in [-0.15, -0.1) is 0 Å². The number of nitrogens with zero attached hydrogens (tertiary/aromatic N) is 5. The summed E-state index contributed by atoms with van der Waals surface area (Å²) in [5.41, 5.74) is 4.82. The van der Waals surface area contributed by atoms with Gasteiger partial charge in [-0.25, -0.2) is 0 Å². The zero-order chi connectivity index (χ0) is 18.7. The average molecular weight is 369 g/mol. The number of hydrogen-bond acceptors (Lipinski definition) is 3. The summed E-state index contributed by atoms with van der Waals surface area (Å²) < 4.78 is 3.78. The lowest BCUT2D eigenvalue weighted by atomic mass is 10.1. The van der Waals surface area contributed by atoms with Crippen molar-refractivity contribution in [2.45, 2.75) is 26.9 Å². The number of benzene rings is 1. The predicted molar refractivity (Wildman–Crippen MR) is 108 cm³/mol. The van der Waals surface area contributed by atoms with Crippen LogP contribution in [0.25, 0.3) is 0 Å². The zero-order valence-corrected chi connectivity index (χ0v) is 16.4. The van der Waals surface area contributed by atoms with E-state index < -0.39 is 0 Å². The summed E-state index contributed by atoms with van der Waals surface area (Å²) in [5.74, 6) is 0.748. The van der Waals surface area contributed by atoms with Crippen molar-refractivity contribution in [3.63, 3.8) is 0 Å². The second-order valence-electron chi connectivity index (χ2n) is 6.49. The molecule has 0 atom stereocenters. The standard InChI is InChI=1S/C19H24N6S/c1-14-7-5-6-8-16(14)13-25-10-9-18(22-25)21-19(26)23(3)12-17-11-20-24(4)15(17)2/h5-11H,12-13H2,1-4H3,(H,21,22,26). The molecule has 1 aromatic carbocycles. The van der Waals surface area contributed by atoms with Crippen LogP contribution in [-0.2, 0) is 20.1 Å². The molecule has 0 bridgehead atoms. The Labute approximate surface area is 159 Å². The van der Waals surface area contributed by atoms with Gasteiger partial charge < -0.3 is 10.2 Å². The average Bonchev–Trinajstić information content (AvgIpc) is 3.18. The van der Waals surface area contributed by atoms with E-state index in [2.05, 4.69) is 47.6 Å². The number of rotatable bonds is 5. The van der Waals surface area contributed by atoms with Gasteiger partial charge in [0.15, 0.2) is 10.9 Å². The molecule has 0 aliphatic heterocycles. The highest BCUT2D eigenvalue weighted by molar-refractivity contribution is 7.80. The fraction of sp³-hybridized carbons (Fsp3) is 0.316. The first-order valence-corrected chi connectivity index (χ1v) is 8.92. The molecule has 0 fully saturated rings. The first kappa shape index (κ1) is 18.1. The number of nitrogens with one attached hydrogen (secondary N) is 1. The van der Waals surface area contributed by atoms with E-state index in [4.69, 9.17) is 12.2 Å². The van der Waals surface area contributed by atoms with Crippen molar-refractivity contribution in [1.29, 1.82) is 0 Å². The number of thiocarbonyl (C=S) groups is 1. The minimum Gasteiger partial charge on any atom is -0.348 e. The smallest absolute Gasteiger partial charge is 0.174 e. The van der Waals surface area contributed by atoms with Gasteiger partial charge in [0, 0.05) is 44.2 Å². The molecular weight excluding hydrogens is 344 g/mol. The molecule has 7 heteroatoms. The number of anilines is 1. The van der Waals surface area contributed by atoms with Crippen molar-refractivity contribution in [3.8, 4) is 0 Å². The summed E-state index contributed by atoms with van der Waals surface area (Å²) in [4.78, 5) is 1.99. The Bertz CT molecular complexity index is 910. The van der Waals surface area contributed by atoms with Crippen molar-refractivity contribution in [2.24, 2.45) is 7.05 Å². The number of aromatic nitrogens is 4. The molecule has 136 valence electrons. The normalized spacial score (nSPS) is 10.8. The van der Waals surface area contributed by atoms with Gasteiger partial charge in [-0.3, -0.25) is 9.36 Å². The molecule has 0 aliphatic rings. The van der Waals surface area contributed by atoms with E-state index in [1.165, 1.54) is 11.1 Å². The lowest BCUT2D eigenvalue weighted by Gasteiger charge is -2.20. The van der Waals surface area contributed by atoms with Crippen LogP contribution >= 0.6 is 12.2 Å². The summed E-state index contributed by atoms with van der Waals surface area (Å²) in [6.07, 6.45) is 3.84. The first-order valence-electron chi connectivity index (χ1n) is 8.51. The zero-order valence-electron chi connectivity index (χ0n) is 15.6. The second kappa shape index (κ2) is 7.70. The maximum atomic E-state index is 5.51. The molecule has 0 saturated heterocycles. The van der Waals surface area contributed by atoms with Crippen LogP contribution in [0.3, 0.4) is 0 Å². The van der Waals surface area contributed by atoms with Crippen LogP contribution in [0.1, 0.15) is 22.4 Å². The molecule has 2 heterocycles. The maximum absolute atomic E-state index is 5.51. The lowest BCUT2D eigenvalue weighted by molar-refractivity contribution is 0.506. The van der Waals surface area contributed by atoms with Gasteiger partial charge >= 0.3 is 0 Å². The van der Waals surface area contributed by atoms with Crippen molar-refractivity contribution in [1.82, 2.24) is 24.5 Å². The van der Waals surface area contributed by atoms with Gasteiger partial charge in [-0.05, 0) is 37.2 Å². The van der Waals surface area contributed by atoms with E-state index >= 15 is 0 Å². The molecule has 3 rings (SSSR count). The molecule has 0 spiro atoms. The highest BCUT2D eigenvalue weighted by Crippen LogP contribution is 2.12. The van der Waals surface area contributed by atoms with Crippen LogP contribution in [0.5, 0.6) is 0 Å². The van der Waals surface area contributed by atoms with Gasteiger partial charge in [0.25, 0.3) is 0 Å². The Morgan fingerprint density at radius 1 is 1.19 bits per heavy atom. The van der Waals surface area contributed by atoms with Gasteiger partial charge in [-0.2, -0.15) is 10.2 Å². The minimum atomic E-state index is 0.634. The molecule has 3 aromatic rings. The van der Waals surface area contributed by atoms with E-state index in [0.717, 1.165) is 23.6 Å². The van der Waals surface area contributed by atoms with E-state index in [-0.39, 0.29) is 0 Å². The minimum absolute atomic E-state index is 0.634. The maximum Gasteiger partial charge on any atom is 0.174 e. The Balaban J connectivity index is 1.60. The quantitative estimate of drug-likeness (QED) is 0.701. The van der Waals surface area contributed by atoms with Gasteiger partial charge in [0.2, 0.25) is 0 Å². The van der Waals surface area contributed by atoms with E-state index in [1.54, 1.807) is 0 Å². The van der Waals surface area contributed by atoms with Crippen LogP contribution in [-0.4, -0.2) is 36.6 Å². The number of hydrogen-bond donors (Lipinski definition) is 1. The molecule has 26 heavy (non-hydrogen) atoms. The summed E-state index contributed by atoms with van der Waals surface area (Å²) in [6.45, 7) is 5.61. The van der Waals surface area contributed by atoms with Crippen molar-refractivity contribution >= 4 is 23.1 Å². The monoisotopic (exact) mass is 368 g/mol. The second-order valence-corrected chi connectivity index (χ2v) is 6.88. The van der Waals surface area contributed by atoms with Gasteiger partial charge in [0.05, 0.1) is 12.7 Å². The third-order valence-electron chi connectivity index (χ3n) is 4.56. The van der Waals surface area contributed by atoms with Crippen LogP contribution in [0.4, 0.5) is 5.82 Å². The fourth-order valence-corrected chi connectivity index (χ4v) is 2.88. The third-order valence-corrected chi connectivity index (χ3v) is 4.97. The Morgan fingerprint density at radius 3 is 2.65 bits per heavy atom. The van der Waals surface area contributed by atoms with Crippen LogP contribution in [0.15, 0.2) is 42.7 Å². The topological polar surface area (TPSA) is 50.9 Å². The van der Waals surface area contributed by atoms with Crippen molar-refractivity contribution in [2.75, 3.05) is 12.4 Å². The third kappa shape index (κ3) is 4.11. The van der Waals surface area contributed by atoms with Crippen molar-refractivity contribution < 1.29 is 0 Å². The summed E-state index contributed by atoms with van der Waals surface area (Å²) in [5, 5.41) is 12.7. The Morgan fingerprint density at radius 2 is 1.96 bits per heavy atom. The Kier molecular flexibility index (Phi) is 5.37. The summed E-state index contributed by atoms with van der Waals surface area (Å²) >= 11 is 5.51. The highest BCUT2D eigenvalue weighted by Gasteiger charge is 2.11.